The van der Waals surface area contributed by atoms with Crippen LogP contribution < -0.4 is 10.2 Å². The van der Waals surface area contributed by atoms with Crippen molar-refractivity contribution in [1.29, 1.82) is 0 Å². The molecule has 1 amide bonds. The monoisotopic (exact) mass is 355 g/mol. The van der Waals surface area contributed by atoms with Gasteiger partial charge in [-0.25, -0.2) is 9.97 Å². The van der Waals surface area contributed by atoms with Gasteiger partial charge in [-0.1, -0.05) is 6.07 Å². The third-order valence-corrected chi connectivity index (χ3v) is 4.68. The molecule has 1 N–H and O–H groups in total. The number of hydrogen-bond acceptors (Lipinski definition) is 7. The number of carbonyl (C=O) groups excluding carboxylic acids is 1. The van der Waals surface area contributed by atoms with Gasteiger partial charge in [-0.3, -0.25) is 9.78 Å². The summed E-state index contributed by atoms with van der Waals surface area (Å²) in [5.41, 5.74) is 1.23. The summed E-state index contributed by atoms with van der Waals surface area (Å²) >= 11 is 0. The van der Waals surface area contributed by atoms with E-state index in [9.17, 15) is 4.79 Å². The first-order chi connectivity index (χ1) is 12.7. The summed E-state index contributed by atoms with van der Waals surface area (Å²) in [6, 6.07) is 5.59. The Morgan fingerprint density at radius 2 is 1.85 bits per heavy atom. The zero-order valence-electron chi connectivity index (χ0n) is 14.4. The van der Waals surface area contributed by atoms with Gasteiger partial charge in [0.2, 0.25) is 5.95 Å². The maximum Gasteiger partial charge on any atom is 0.254 e. The highest BCUT2D eigenvalue weighted by molar-refractivity contribution is 5.93. The first-order valence-electron chi connectivity index (χ1n) is 8.77. The lowest BCUT2D eigenvalue weighted by molar-refractivity contribution is -0.169. The molecular weight excluding hydrogens is 334 g/mol. The average Bonchev–Trinajstić information content (AvgIpc) is 3.16. The van der Waals surface area contributed by atoms with Crippen LogP contribution in [-0.4, -0.2) is 52.9 Å². The molecule has 1 spiro atoms. The van der Waals surface area contributed by atoms with Crippen LogP contribution >= 0.6 is 0 Å². The number of piperidine rings is 1. The quantitative estimate of drug-likeness (QED) is 0.880. The van der Waals surface area contributed by atoms with Crippen LogP contribution in [0.3, 0.4) is 0 Å². The molecule has 2 aliphatic rings. The smallest absolute Gasteiger partial charge is 0.254 e. The van der Waals surface area contributed by atoms with Crippen molar-refractivity contribution in [3.8, 4) is 0 Å². The molecule has 2 aliphatic heterocycles. The van der Waals surface area contributed by atoms with Crippen LogP contribution in [0.1, 0.15) is 28.9 Å². The Hall–Kier alpha value is -2.58. The van der Waals surface area contributed by atoms with Crippen molar-refractivity contribution in [1.82, 2.24) is 20.3 Å². The number of nitrogens with one attached hydrogen (secondary N) is 1. The van der Waals surface area contributed by atoms with Gasteiger partial charge in [-0.2, -0.15) is 0 Å². The minimum Gasteiger partial charge on any atom is -0.347 e. The van der Waals surface area contributed by atoms with Crippen molar-refractivity contribution in [2.75, 3.05) is 31.2 Å². The molecule has 26 heavy (non-hydrogen) atoms. The van der Waals surface area contributed by atoms with Crippen LogP contribution in [0.4, 0.5) is 5.95 Å². The Morgan fingerprint density at radius 3 is 2.50 bits per heavy atom. The van der Waals surface area contributed by atoms with Gasteiger partial charge in [0, 0.05) is 44.5 Å². The first-order valence-corrected chi connectivity index (χ1v) is 8.77. The summed E-state index contributed by atoms with van der Waals surface area (Å²) in [5, 5.41) is 2.82. The van der Waals surface area contributed by atoms with Gasteiger partial charge < -0.3 is 19.7 Å². The van der Waals surface area contributed by atoms with Crippen molar-refractivity contribution >= 4 is 11.9 Å². The standard InChI is InChI=1S/C18H21N5O3/c24-16(20-13-15-3-1-2-6-19-15)14-11-21-17(22-12-14)23-7-4-18(5-8-23)25-9-10-26-18/h1-3,6,11-12H,4-5,7-10,13H2,(H,20,24). The van der Waals surface area contributed by atoms with Gasteiger partial charge in [0.15, 0.2) is 5.79 Å². The molecule has 8 heteroatoms. The highest BCUT2D eigenvalue weighted by Crippen LogP contribution is 2.32. The molecule has 2 aromatic rings. The summed E-state index contributed by atoms with van der Waals surface area (Å²) in [6.45, 7) is 3.24. The maximum atomic E-state index is 12.2. The van der Waals surface area contributed by atoms with E-state index in [-0.39, 0.29) is 5.91 Å². The van der Waals surface area contributed by atoms with Crippen LogP contribution in [0.25, 0.3) is 0 Å². The predicted octanol–water partition coefficient (Wildman–Crippen LogP) is 1.14. The Balaban J connectivity index is 1.32. The first kappa shape index (κ1) is 16.9. The Labute approximate surface area is 151 Å². The van der Waals surface area contributed by atoms with E-state index in [4.69, 9.17) is 9.47 Å². The topological polar surface area (TPSA) is 89.5 Å². The predicted molar refractivity (Wildman–Crippen MR) is 93.5 cm³/mol. The number of rotatable bonds is 4. The van der Waals surface area contributed by atoms with Crippen LogP contribution in [0.2, 0.25) is 0 Å². The highest BCUT2D eigenvalue weighted by Gasteiger charge is 2.40. The van der Waals surface area contributed by atoms with Crippen molar-refractivity contribution in [3.05, 3.63) is 48.0 Å². The van der Waals surface area contributed by atoms with Gasteiger partial charge >= 0.3 is 0 Å². The van der Waals surface area contributed by atoms with Gasteiger partial charge in [-0.05, 0) is 12.1 Å². The van der Waals surface area contributed by atoms with E-state index in [1.807, 2.05) is 18.2 Å². The van der Waals surface area contributed by atoms with Gasteiger partial charge in [0.05, 0.1) is 31.0 Å². The molecule has 0 aromatic carbocycles. The zero-order chi connectivity index (χ0) is 17.8. The number of hydrogen-bond donors (Lipinski definition) is 1. The van der Waals surface area contributed by atoms with Gasteiger partial charge in [0.25, 0.3) is 5.91 Å². The summed E-state index contributed by atoms with van der Waals surface area (Å²) in [5.74, 6) is -0.00592. The molecule has 4 rings (SSSR count). The second-order valence-corrected chi connectivity index (χ2v) is 6.37. The summed E-state index contributed by atoms with van der Waals surface area (Å²) < 4.78 is 11.5. The molecule has 2 fully saturated rings. The van der Waals surface area contributed by atoms with E-state index < -0.39 is 5.79 Å². The largest absolute Gasteiger partial charge is 0.347 e. The molecule has 4 heterocycles. The lowest BCUT2D eigenvalue weighted by atomic mass is 10.0. The van der Waals surface area contributed by atoms with Crippen LogP contribution in [0.5, 0.6) is 0 Å². The maximum absolute atomic E-state index is 12.2. The number of pyridine rings is 1. The zero-order valence-corrected chi connectivity index (χ0v) is 14.4. The minimum atomic E-state index is -0.415. The van der Waals surface area contributed by atoms with Crippen molar-refractivity contribution in [3.63, 3.8) is 0 Å². The molecule has 0 saturated carbocycles. The second kappa shape index (κ2) is 7.35. The number of anilines is 1. The normalized spacial score (nSPS) is 18.8. The second-order valence-electron chi connectivity index (χ2n) is 6.37. The van der Waals surface area contributed by atoms with Crippen molar-refractivity contribution in [2.45, 2.75) is 25.2 Å². The SMILES string of the molecule is O=C(NCc1ccccn1)c1cnc(N2CCC3(CC2)OCCO3)nc1. The third kappa shape index (κ3) is 3.66. The molecule has 0 aliphatic carbocycles. The average molecular weight is 355 g/mol. The van der Waals surface area contributed by atoms with Crippen molar-refractivity contribution in [2.24, 2.45) is 0 Å². The van der Waals surface area contributed by atoms with E-state index in [0.29, 0.717) is 31.3 Å². The van der Waals surface area contributed by atoms with E-state index in [0.717, 1.165) is 31.6 Å². The third-order valence-electron chi connectivity index (χ3n) is 4.68. The van der Waals surface area contributed by atoms with E-state index >= 15 is 0 Å². The molecular formula is C18H21N5O3. The number of ether oxygens (including phenoxy) is 2. The fraction of sp³-hybridized carbons (Fsp3) is 0.444. The molecule has 0 radical (unpaired) electrons. The fourth-order valence-corrected chi connectivity index (χ4v) is 3.21. The van der Waals surface area contributed by atoms with Crippen molar-refractivity contribution < 1.29 is 14.3 Å². The molecule has 0 atom stereocenters. The molecule has 2 aromatic heterocycles. The molecule has 0 unspecified atom stereocenters. The lowest BCUT2D eigenvalue weighted by Gasteiger charge is -2.37. The Morgan fingerprint density at radius 1 is 1.12 bits per heavy atom. The minimum absolute atomic E-state index is 0.215. The van der Waals surface area contributed by atoms with Crippen LogP contribution in [-0.2, 0) is 16.0 Å². The van der Waals surface area contributed by atoms with E-state index in [1.165, 1.54) is 0 Å². The van der Waals surface area contributed by atoms with Crippen LogP contribution in [0.15, 0.2) is 36.8 Å². The van der Waals surface area contributed by atoms with E-state index in [1.54, 1.807) is 18.6 Å². The molecule has 136 valence electrons. The summed E-state index contributed by atoms with van der Waals surface area (Å²) in [7, 11) is 0. The highest BCUT2D eigenvalue weighted by atomic mass is 16.7. The molecule has 8 nitrogen and oxygen atoms in total. The van der Waals surface area contributed by atoms with Gasteiger partial charge in [-0.15, -0.1) is 0 Å². The molecule has 2 saturated heterocycles. The number of aromatic nitrogens is 3. The Kier molecular flexibility index (Phi) is 4.77. The molecule has 0 bridgehead atoms. The number of nitrogens with zero attached hydrogens (tertiary/aromatic N) is 4. The summed E-state index contributed by atoms with van der Waals surface area (Å²) in [6.07, 6.45) is 6.40. The summed E-state index contributed by atoms with van der Waals surface area (Å²) in [4.78, 5) is 27.2. The lowest BCUT2D eigenvalue weighted by Crippen LogP contribution is -2.45. The fourth-order valence-electron chi connectivity index (χ4n) is 3.21. The Bertz CT molecular complexity index is 737. The van der Waals surface area contributed by atoms with Crippen LogP contribution in [0, 0.1) is 0 Å². The number of carbonyl (C=O) groups is 1. The van der Waals surface area contributed by atoms with Gasteiger partial charge in [0.1, 0.15) is 0 Å². The van der Waals surface area contributed by atoms with E-state index in [2.05, 4.69) is 25.2 Å². The number of amides is 1.